The van der Waals surface area contributed by atoms with Gasteiger partial charge in [-0.25, -0.2) is 0 Å². The molecule has 1 aromatic carbocycles. The van der Waals surface area contributed by atoms with Crippen LogP contribution in [0.2, 0.25) is 0 Å². The van der Waals surface area contributed by atoms with Crippen LogP contribution in [0.1, 0.15) is 25.8 Å². The van der Waals surface area contributed by atoms with E-state index in [1.165, 1.54) is 6.42 Å². The van der Waals surface area contributed by atoms with Crippen LogP contribution in [0.15, 0.2) is 24.3 Å². The largest absolute Gasteiger partial charge is 0.454 e. The highest BCUT2D eigenvalue weighted by molar-refractivity contribution is 7.80. The second kappa shape index (κ2) is 10.2. The molecule has 0 amide bonds. The highest BCUT2D eigenvalue weighted by Crippen LogP contribution is 2.32. The normalized spacial score (nSPS) is 21.9. The van der Waals surface area contributed by atoms with Gasteiger partial charge in [-0.05, 0) is 48.2 Å². The lowest BCUT2D eigenvalue weighted by atomic mass is 9.92. The van der Waals surface area contributed by atoms with E-state index in [4.69, 9.17) is 36.4 Å². The minimum atomic E-state index is 0.264. The summed E-state index contributed by atoms with van der Waals surface area (Å²) in [6, 6.07) is 7.97. The summed E-state index contributed by atoms with van der Waals surface area (Å²) in [5.74, 6) is 5.14. The summed E-state index contributed by atoms with van der Waals surface area (Å²) in [7, 11) is 0. The number of morpholine rings is 1. The maximum absolute atomic E-state index is 5.57. The third kappa shape index (κ3) is 5.44. The smallest absolute Gasteiger partial charge is 0.232 e. The molecule has 0 bridgehead atoms. The molecule has 5 rings (SSSR count). The number of benzene rings is 1. The van der Waals surface area contributed by atoms with Gasteiger partial charge in [0.15, 0.2) is 16.6 Å². The molecular formula is C24H32N6O3S. The summed E-state index contributed by atoms with van der Waals surface area (Å²) in [4.78, 5) is 14.3. The monoisotopic (exact) mass is 484 g/mol. The summed E-state index contributed by atoms with van der Waals surface area (Å²) in [5.41, 5.74) is 1.05. The van der Waals surface area contributed by atoms with E-state index in [1.54, 1.807) is 0 Å². The number of ether oxygens (including phenoxy) is 3. The molecule has 182 valence electrons. The molecule has 0 radical (unpaired) electrons. The van der Waals surface area contributed by atoms with Crippen molar-refractivity contribution in [3.05, 3.63) is 29.8 Å². The Balaban J connectivity index is 1.30. The van der Waals surface area contributed by atoms with Gasteiger partial charge in [0.05, 0.1) is 13.2 Å². The van der Waals surface area contributed by atoms with E-state index >= 15 is 0 Å². The fourth-order valence-electron chi connectivity index (χ4n) is 4.82. The van der Waals surface area contributed by atoms with Gasteiger partial charge in [-0.1, -0.05) is 19.9 Å². The number of fused-ring (bicyclic) bond motifs is 1. The second-order valence-electron chi connectivity index (χ2n) is 9.35. The Morgan fingerprint density at radius 1 is 1.00 bits per heavy atom. The number of hydrogen-bond acceptors (Lipinski definition) is 8. The Morgan fingerprint density at radius 3 is 2.47 bits per heavy atom. The lowest BCUT2D eigenvalue weighted by Gasteiger charge is -2.36. The van der Waals surface area contributed by atoms with E-state index in [0.29, 0.717) is 42.7 Å². The summed E-state index contributed by atoms with van der Waals surface area (Å²) in [5, 5.41) is 6.93. The van der Waals surface area contributed by atoms with Gasteiger partial charge in [-0.15, -0.1) is 0 Å². The predicted octanol–water partition coefficient (Wildman–Crippen LogP) is 3.01. The van der Waals surface area contributed by atoms with E-state index in [2.05, 4.69) is 40.3 Å². The van der Waals surface area contributed by atoms with Crippen LogP contribution < -0.4 is 29.9 Å². The van der Waals surface area contributed by atoms with Crippen LogP contribution in [0.4, 0.5) is 17.6 Å². The van der Waals surface area contributed by atoms with Crippen molar-refractivity contribution in [3.8, 4) is 11.5 Å². The number of aromatic nitrogens is 2. The number of thiocarbonyl (C=S) groups is 1. The minimum Gasteiger partial charge on any atom is -0.454 e. The standard InChI is InChI=1S/C24H32N6O3S/c1-16-9-17(2)14-30(13-16)22-11-21(29-5-7-31-8-6-29)26-23(27-22)28-24(34)25-12-18-3-4-19-20(10-18)33-15-32-19/h3-4,10-11,16-17H,5-9,12-15H2,1-2H3,(H2,25,26,27,28,34)/t16-,17-/m0/s1. The van der Waals surface area contributed by atoms with Gasteiger partial charge in [-0.3, -0.25) is 0 Å². The summed E-state index contributed by atoms with van der Waals surface area (Å²) in [6.07, 6.45) is 1.25. The van der Waals surface area contributed by atoms with Gasteiger partial charge >= 0.3 is 0 Å². The lowest BCUT2D eigenvalue weighted by Crippen LogP contribution is -2.40. The molecule has 3 aliphatic heterocycles. The van der Waals surface area contributed by atoms with Crippen LogP contribution in [0, 0.1) is 11.8 Å². The van der Waals surface area contributed by atoms with Gasteiger partial charge in [0.2, 0.25) is 12.7 Å². The number of anilines is 3. The highest BCUT2D eigenvalue weighted by Gasteiger charge is 2.25. The first-order valence-corrected chi connectivity index (χ1v) is 12.3. The minimum absolute atomic E-state index is 0.264. The van der Waals surface area contributed by atoms with E-state index in [1.807, 2.05) is 18.2 Å². The maximum atomic E-state index is 5.57. The predicted molar refractivity (Wildman–Crippen MR) is 136 cm³/mol. The third-order valence-electron chi connectivity index (χ3n) is 6.34. The van der Waals surface area contributed by atoms with E-state index < -0.39 is 0 Å². The van der Waals surface area contributed by atoms with Crippen LogP contribution in [0.25, 0.3) is 0 Å². The number of rotatable bonds is 5. The zero-order valence-corrected chi connectivity index (χ0v) is 20.6. The average Bonchev–Trinajstić information content (AvgIpc) is 3.30. The zero-order valence-electron chi connectivity index (χ0n) is 19.7. The van der Waals surface area contributed by atoms with Crippen molar-refractivity contribution in [1.82, 2.24) is 15.3 Å². The molecule has 1 aromatic heterocycles. The van der Waals surface area contributed by atoms with Crippen molar-refractivity contribution >= 4 is 34.9 Å². The zero-order chi connectivity index (χ0) is 23.5. The first-order chi connectivity index (χ1) is 16.5. The van der Waals surface area contributed by atoms with Crippen LogP contribution in [0.5, 0.6) is 11.5 Å². The van der Waals surface area contributed by atoms with Crippen molar-refractivity contribution in [3.63, 3.8) is 0 Å². The van der Waals surface area contributed by atoms with E-state index in [0.717, 1.165) is 54.9 Å². The molecule has 9 nitrogen and oxygen atoms in total. The Hall–Kier alpha value is -2.85. The average molecular weight is 485 g/mol. The molecule has 10 heteroatoms. The van der Waals surface area contributed by atoms with E-state index in [9.17, 15) is 0 Å². The second-order valence-corrected chi connectivity index (χ2v) is 9.76. The van der Waals surface area contributed by atoms with Crippen LogP contribution >= 0.6 is 12.2 Å². The molecule has 0 unspecified atom stereocenters. The molecule has 34 heavy (non-hydrogen) atoms. The van der Waals surface area contributed by atoms with Gasteiger partial charge in [0, 0.05) is 38.8 Å². The number of nitrogens with one attached hydrogen (secondary N) is 2. The number of piperidine rings is 1. The SMILES string of the molecule is C[C@H]1C[C@H](C)CN(c2cc(N3CCOCC3)nc(NC(=S)NCc3ccc4c(c3)OCO4)n2)C1. The maximum Gasteiger partial charge on any atom is 0.232 e. The molecule has 0 saturated carbocycles. The number of nitrogens with zero attached hydrogens (tertiary/aromatic N) is 4. The molecule has 4 heterocycles. The van der Waals surface area contributed by atoms with Gasteiger partial charge in [-0.2, -0.15) is 9.97 Å². The van der Waals surface area contributed by atoms with Crippen molar-refractivity contribution in [2.24, 2.45) is 11.8 Å². The molecule has 0 spiro atoms. The Bertz CT molecular complexity index is 1020. The van der Waals surface area contributed by atoms with Crippen LogP contribution in [0.3, 0.4) is 0 Å². The van der Waals surface area contributed by atoms with Gasteiger partial charge < -0.3 is 34.6 Å². The molecule has 3 aliphatic rings. The van der Waals surface area contributed by atoms with Crippen LogP contribution in [-0.2, 0) is 11.3 Å². The van der Waals surface area contributed by atoms with Crippen molar-refractivity contribution in [2.45, 2.75) is 26.8 Å². The summed E-state index contributed by atoms with van der Waals surface area (Å²) >= 11 is 5.57. The van der Waals surface area contributed by atoms with Crippen molar-refractivity contribution in [1.29, 1.82) is 0 Å². The first-order valence-electron chi connectivity index (χ1n) is 11.9. The Labute approximate surface area is 205 Å². The van der Waals surface area contributed by atoms with Gasteiger partial charge in [0.1, 0.15) is 11.6 Å². The molecule has 2 N–H and O–H groups in total. The number of hydrogen-bond donors (Lipinski definition) is 2. The molecule has 2 aromatic rings. The summed E-state index contributed by atoms with van der Waals surface area (Å²) in [6.45, 7) is 10.5. The quantitative estimate of drug-likeness (QED) is 0.618. The summed E-state index contributed by atoms with van der Waals surface area (Å²) < 4.78 is 16.4. The molecular weight excluding hydrogens is 452 g/mol. The van der Waals surface area contributed by atoms with Crippen molar-refractivity contribution in [2.75, 3.05) is 61.3 Å². The third-order valence-corrected chi connectivity index (χ3v) is 6.59. The fourth-order valence-corrected chi connectivity index (χ4v) is 4.99. The Kier molecular flexibility index (Phi) is 6.87. The molecule has 2 atom stereocenters. The fraction of sp³-hybridized carbons (Fsp3) is 0.542. The Morgan fingerprint density at radius 2 is 1.71 bits per heavy atom. The van der Waals surface area contributed by atoms with Crippen LogP contribution in [-0.4, -0.2) is 61.3 Å². The van der Waals surface area contributed by atoms with Crippen molar-refractivity contribution < 1.29 is 14.2 Å². The molecule has 2 fully saturated rings. The topological polar surface area (TPSA) is 84.0 Å². The van der Waals surface area contributed by atoms with Gasteiger partial charge in [0.25, 0.3) is 0 Å². The first kappa shape index (κ1) is 22.9. The molecule has 2 saturated heterocycles. The highest BCUT2D eigenvalue weighted by atomic mass is 32.1. The van der Waals surface area contributed by atoms with E-state index in [-0.39, 0.29) is 6.79 Å². The lowest BCUT2D eigenvalue weighted by molar-refractivity contribution is 0.122. The molecule has 0 aliphatic carbocycles.